The Bertz CT molecular complexity index is 521. The molecule has 19 heavy (non-hydrogen) atoms. The average Bonchev–Trinajstić information content (AvgIpc) is 3.08. The van der Waals surface area contributed by atoms with Crippen molar-refractivity contribution in [1.82, 2.24) is 9.97 Å². The lowest BCUT2D eigenvalue weighted by atomic mass is 10.0. The fraction of sp³-hybridized carbons (Fsp3) is 0.714. The Morgan fingerprint density at radius 1 is 1.32 bits per heavy atom. The van der Waals surface area contributed by atoms with E-state index in [0.29, 0.717) is 16.5 Å². The highest BCUT2D eigenvalue weighted by Crippen LogP contribution is 2.43. The van der Waals surface area contributed by atoms with Gasteiger partial charge in [-0.25, -0.2) is 4.98 Å². The number of nitrogens with one attached hydrogen (secondary N) is 1. The lowest BCUT2D eigenvalue weighted by molar-refractivity contribution is 0.0768. The molecule has 0 aromatic carbocycles. The van der Waals surface area contributed by atoms with Crippen molar-refractivity contribution < 1.29 is 4.74 Å². The molecular formula is C14H19BrN2OS. The van der Waals surface area contributed by atoms with Crippen LogP contribution in [0.1, 0.15) is 62.1 Å². The standard InChI is InChI=1S/C14H19BrN2OS/c1-18-12(9-6-7-9)13-16-11(8-4-2-3-5-8)10(15)14(19)17-13/h8-9,12H,2-7H2,1H3,(H,16,17,19). The molecular weight excluding hydrogens is 324 g/mol. The van der Waals surface area contributed by atoms with Gasteiger partial charge in [-0.3, -0.25) is 0 Å². The normalized spacial score (nSPS) is 21.8. The number of aromatic nitrogens is 2. The van der Waals surface area contributed by atoms with Gasteiger partial charge in [0.15, 0.2) is 0 Å². The molecule has 1 aromatic heterocycles. The molecule has 2 saturated carbocycles. The van der Waals surface area contributed by atoms with Crippen molar-refractivity contribution in [2.45, 2.75) is 50.5 Å². The van der Waals surface area contributed by atoms with Crippen molar-refractivity contribution >= 4 is 28.1 Å². The number of rotatable bonds is 4. The Balaban J connectivity index is 1.98. The third kappa shape index (κ3) is 2.78. The van der Waals surface area contributed by atoms with E-state index in [2.05, 4.69) is 25.9 Å². The quantitative estimate of drug-likeness (QED) is 0.808. The Labute approximate surface area is 127 Å². The second-order valence-corrected chi connectivity index (χ2v) is 6.81. The first kappa shape index (κ1) is 13.7. The van der Waals surface area contributed by atoms with Gasteiger partial charge < -0.3 is 9.72 Å². The van der Waals surface area contributed by atoms with Crippen LogP contribution in [0.25, 0.3) is 0 Å². The molecule has 3 rings (SSSR count). The summed E-state index contributed by atoms with van der Waals surface area (Å²) in [5.41, 5.74) is 1.23. The molecule has 0 bridgehead atoms. The molecule has 0 amide bonds. The Morgan fingerprint density at radius 2 is 2.00 bits per heavy atom. The second kappa shape index (κ2) is 5.62. The van der Waals surface area contributed by atoms with Gasteiger partial charge in [0.25, 0.3) is 0 Å². The van der Waals surface area contributed by atoms with Crippen LogP contribution in [0.15, 0.2) is 4.47 Å². The molecule has 3 nitrogen and oxygen atoms in total. The number of aromatic amines is 1. The summed E-state index contributed by atoms with van der Waals surface area (Å²) in [6, 6.07) is 0. The Kier molecular flexibility index (Phi) is 4.06. The van der Waals surface area contributed by atoms with E-state index in [1.807, 2.05) is 0 Å². The minimum absolute atomic E-state index is 0.0787. The van der Waals surface area contributed by atoms with E-state index in [9.17, 15) is 0 Å². The number of halogens is 1. The summed E-state index contributed by atoms with van der Waals surface area (Å²) in [5, 5.41) is 0. The molecule has 2 fully saturated rings. The van der Waals surface area contributed by atoms with Gasteiger partial charge in [0.05, 0.1) is 4.47 Å². The number of ether oxygens (including phenoxy) is 1. The SMILES string of the molecule is COC(c1nc(=S)c(Br)c(C2CCCC2)[nH]1)C1CC1. The van der Waals surface area contributed by atoms with E-state index in [4.69, 9.17) is 17.0 Å². The third-order valence-corrected chi connectivity index (χ3v) is 5.61. The minimum atomic E-state index is 0.0787. The fourth-order valence-electron chi connectivity index (χ4n) is 3.05. The van der Waals surface area contributed by atoms with Crippen LogP contribution >= 0.6 is 28.1 Å². The molecule has 0 radical (unpaired) electrons. The molecule has 2 aliphatic carbocycles. The smallest absolute Gasteiger partial charge is 0.144 e. The molecule has 0 aliphatic heterocycles. The second-order valence-electron chi connectivity index (χ2n) is 5.63. The van der Waals surface area contributed by atoms with Gasteiger partial charge in [0, 0.05) is 18.7 Å². The maximum absolute atomic E-state index is 5.62. The fourth-order valence-corrected chi connectivity index (χ4v) is 3.77. The zero-order valence-corrected chi connectivity index (χ0v) is 13.5. The lowest BCUT2D eigenvalue weighted by Gasteiger charge is -2.18. The first-order valence-corrected chi connectivity index (χ1v) is 8.23. The number of methoxy groups -OCH3 is 1. The Hall–Kier alpha value is -0.260. The highest BCUT2D eigenvalue weighted by atomic mass is 79.9. The summed E-state index contributed by atoms with van der Waals surface area (Å²) in [5.74, 6) is 2.12. The van der Waals surface area contributed by atoms with Crippen LogP contribution in [0.4, 0.5) is 0 Å². The van der Waals surface area contributed by atoms with Crippen molar-refractivity contribution in [2.75, 3.05) is 7.11 Å². The van der Waals surface area contributed by atoms with Crippen LogP contribution in [0.5, 0.6) is 0 Å². The summed E-state index contributed by atoms with van der Waals surface area (Å²) < 4.78 is 7.26. The molecule has 1 atom stereocenters. The molecule has 104 valence electrons. The van der Waals surface area contributed by atoms with Gasteiger partial charge in [-0.2, -0.15) is 0 Å². The van der Waals surface area contributed by atoms with Crippen molar-refractivity contribution in [1.29, 1.82) is 0 Å². The topological polar surface area (TPSA) is 37.9 Å². The molecule has 1 aromatic rings. The molecule has 1 N–H and O–H groups in total. The minimum Gasteiger partial charge on any atom is -0.373 e. The third-order valence-electron chi connectivity index (χ3n) is 4.25. The van der Waals surface area contributed by atoms with Crippen molar-refractivity contribution in [3.05, 3.63) is 20.6 Å². The van der Waals surface area contributed by atoms with Crippen molar-refractivity contribution in [2.24, 2.45) is 5.92 Å². The first-order chi connectivity index (χ1) is 9.20. The van der Waals surface area contributed by atoms with Gasteiger partial charge in [-0.1, -0.05) is 25.1 Å². The largest absolute Gasteiger partial charge is 0.373 e. The van der Waals surface area contributed by atoms with Gasteiger partial charge in [0.1, 0.15) is 16.6 Å². The van der Waals surface area contributed by atoms with Crippen LogP contribution in [-0.2, 0) is 4.74 Å². The van der Waals surface area contributed by atoms with Gasteiger partial charge in [-0.15, -0.1) is 0 Å². The van der Waals surface area contributed by atoms with E-state index in [1.54, 1.807) is 7.11 Å². The summed E-state index contributed by atoms with van der Waals surface area (Å²) in [7, 11) is 1.76. The van der Waals surface area contributed by atoms with Crippen LogP contribution in [0, 0.1) is 10.6 Å². The molecule has 2 aliphatic rings. The molecule has 0 spiro atoms. The molecule has 1 heterocycles. The molecule has 1 unspecified atom stereocenters. The maximum Gasteiger partial charge on any atom is 0.144 e. The van der Waals surface area contributed by atoms with Crippen LogP contribution in [-0.4, -0.2) is 17.1 Å². The zero-order valence-electron chi connectivity index (χ0n) is 11.1. The van der Waals surface area contributed by atoms with E-state index < -0.39 is 0 Å². The van der Waals surface area contributed by atoms with E-state index in [0.717, 1.165) is 10.3 Å². The van der Waals surface area contributed by atoms with Crippen molar-refractivity contribution in [3.8, 4) is 0 Å². The van der Waals surface area contributed by atoms with Crippen molar-refractivity contribution in [3.63, 3.8) is 0 Å². The van der Waals surface area contributed by atoms with E-state index in [1.165, 1.54) is 44.2 Å². The predicted molar refractivity (Wildman–Crippen MR) is 80.8 cm³/mol. The Morgan fingerprint density at radius 3 is 2.58 bits per heavy atom. The number of nitrogens with zero attached hydrogens (tertiary/aromatic N) is 1. The van der Waals surface area contributed by atoms with E-state index in [-0.39, 0.29) is 6.10 Å². The van der Waals surface area contributed by atoms with E-state index >= 15 is 0 Å². The van der Waals surface area contributed by atoms with Crippen LogP contribution < -0.4 is 0 Å². The highest BCUT2D eigenvalue weighted by molar-refractivity contribution is 9.10. The summed E-state index contributed by atoms with van der Waals surface area (Å²) in [6.45, 7) is 0. The average molecular weight is 343 g/mol. The number of hydrogen-bond acceptors (Lipinski definition) is 3. The van der Waals surface area contributed by atoms with Crippen LogP contribution in [0.3, 0.4) is 0 Å². The van der Waals surface area contributed by atoms with Gasteiger partial charge in [0.2, 0.25) is 0 Å². The molecule has 5 heteroatoms. The van der Waals surface area contributed by atoms with Gasteiger partial charge in [-0.05, 0) is 47.5 Å². The first-order valence-electron chi connectivity index (χ1n) is 7.03. The predicted octanol–water partition coefficient (Wildman–Crippen LogP) is 4.66. The molecule has 0 saturated heterocycles. The number of hydrogen-bond donors (Lipinski definition) is 1. The maximum atomic E-state index is 5.62. The summed E-state index contributed by atoms with van der Waals surface area (Å²) in [4.78, 5) is 8.04. The zero-order chi connectivity index (χ0) is 13.4. The lowest BCUT2D eigenvalue weighted by Crippen LogP contribution is -2.12. The number of H-pyrrole nitrogens is 1. The summed E-state index contributed by atoms with van der Waals surface area (Å²) in [6.07, 6.45) is 7.65. The highest BCUT2D eigenvalue weighted by Gasteiger charge is 2.34. The van der Waals surface area contributed by atoms with Crippen LogP contribution in [0.2, 0.25) is 0 Å². The van der Waals surface area contributed by atoms with Gasteiger partial charge >= 0.3 is 0 Å². The summed E-state index contributed by atoms with van der Waals surface area (Å²) >= 11 is 9.01. The monoisotopic (exact) mass is 342 g/mol.